The molecule has 0 fully saturated rings. The Bertz CT molecular complexity index is 945. The molecule has 0 aliphatic heterocycles. The van der Waals surface area contributed by atoms with Gasteiger partial charge in [0.2, 0.25) is 0 Å². The van der Waals surface area contributed by atoms with Gasteiger partial charge in [-0.2, -0.15) is 0 Å². The van der Waals surface area contributed by atoms with Gasteiger partial charge in [-0.05, 0) is 73.2 Å². The third-order valence-corrected chi connectivity index (χ3v) is 4.52. The summed E-state index contributed by atoms with van der Waals surface area (Å²) in [5.41, 5.74) is 6.94. The van der Waals surface area contributed by atoms with Crippen LogP contribution in [0.2, 0.25) is 0 Å². The summed E-state index contributed by atoms with van der Waals surface area (Å²) in [5.74, 6) is 0. The second-order valence-corrected chi connectivity index (χ2v) is 6.76. The van der Waals surface area contributed by atoms with Crippen LogP contribution in [0.25, 0.3) is 10.8 Å². The van der Waals surface area contributed by atoms with Crippen molar-refractivity contribution >= 4 is 33.5 Å². The van der Waals surface area contributed by atoms with Gasteiger partial charge < -0.3 is 10.6 Å². The number of aryl methyl sites for hydroxylation is 2. The largest absolute Gasteiger partial charge is 0.356 e. The van der Waals surface area contributed by atoms with Crippen LogP contribution in [-0.2, 0) is 0 Å². The van der Waals surface area contributed by atoms with Crippen molar-refractivity contribution in [1.82, 2.24) is 0 Å². The Morgan fingerprint density at radius 2 is 0.769 bits per heavy atom. The van der Waals surface area contributed by atoms with Gasteiger partial charge in [-0.3, -0.25) is 0 Å². The Balaban J connectivity index is 1.55. The lowest BCUT2D eigenvalue weighted by Crippen LogP contribution is -1.92. The van der Waals surface area contributed by atoms with Gasteiger partial charge in [-0.1, -0.05) is 47.5 Å². The molecule has 26 heavy (non-hydrogen) atoms. The number of fused-ring (bicyclic) bond motifs is 1. The van der Waals surface area contributed by atoms with E-state index in [1.54, 1.807) is 0 Å². The number of rotatable bonds is 4. The van der Waals surface area contributed by atoms with Crippen LogP contribution in [0, 0.1) is 13.8 Å². The number of hydrogen-bond donors (Lipinski definition) is 2. The maximum atomic E-state index is 3.47. The molecule has 0 radical (unpaired) electrons. The van der Waals surface area contributed by atoms with Crippen molar-refractivity contribution in [3.05, 3.63) is 96.1 Å². The van der Waals surface area contributed by atoms with Crippen molar-refractivity contribution in [2.75, 3.05) is 10.6 Å². The zero-order chi connectivity index (χ0) is 17.9. The lowest BCUT2D eigenvalue weighted by atomic mass is 10.1. The van der Waals surface area contributed by atoms with Crippen LogP contribution < -0.4 is 10.6 Å². The monoisotopic (exact) mass is 338 g/mol. The number of hydrogen-bond acceptors (Lipinski definition) is 2. The Hall–Kier alpha value is -3.26. The average Bonchev–Trinajstić information content (AvgIpc) is 2.66. The van der Waals surface area contributed by atoms with Gasteiger partial charge in [-0.15, -0.1) is 0 Å². The highest BCUT2D eigenvalue weighted by molar-refractivity contribution is 5.89. The van der Waals surface area contributed by atoms with Gasteiger partial charge in [0.1, 0.15) is 0 Å². The van der Waals surface area contributed by atoms with Gasteiger partial charge in [0, 0.05) is 22.7 Å². The fourth-order valence-electron chi connectivity index (χ4n) is 3.01. The van der Waals surface area contributed by atoms with Crippen LogP contribution in [0.4, 0.5) is 22.7 Å². The molecular formula is C24H22N2. The second kappa shape index (κ2) is 6.93. The van der Waals surface area contributed by atoms with E-state index in [9.17, 15) is 0 Å². The molecule has 0 atom stereocenters. The third-order valence-electron chi connectivity index (χ3n) is 4.52. The van der Waals surface area contributed by atoms with E-state index >= 15 is 0 Å². The smallest absolute Gasteiger partial charge is 0.0390 e. The fraction of sp³-hybridized carbons (Fsp3) is 0.0833. The molecule has 0 saturated heterocycles. The van der Waals surface area contributed by atoms with Crippen LogP contribution in [0.1, 0.15) is 11.1 Å². The molecule has 4 rings (SSSR count). The average molecular weight is 338 g/mol. The fourth-order valence-corrected chi connectivity index (χ4v) is 3.01. The molecule has 0 saturated carbocycles. The zero-order valence-corrected chi connectivity index (χ0v) is 15.1. The normalized spacial score (nSPS) is 10.7. The maximum absolute atomic E-state index is 3.47. The zero-order valence-electron chi connectivity index (χ0n) is 15.1. The molecule has 128 valence electrons. The first-order valence-electron chi connectivity index (χ1n) is 8.87. The maximum Gasteiger partial charge on any atom is 0.0390 e. The first-order valence-corrected chi connectivity index (χ1v) is 8.87. The van der Waals surface area contributed by atoms with Gasteiger partial charge in [0.25, 0.3) is 0 Å². The molecule has 2 heteroatoms. The van der Waals surface area contributed by atoms with Crippen LogP contribution in [0.3, 0.4) is 0 Å². The van der Waals surface area contributed by atoms with E-state index in [2.05, 4.69) is 109 Å². The van der Waals surface area contributed by atoms with Crippen molar-refractivity contribution < 1.29 is 0 Å². The Kier molecular flexibility index (Phi) is 4.32. The SMILES string of the molecule is Cc1ccc(Nc2ccc3cc(Nc4ccc(C)cc4)ccc3c2)cc1. The van der Waals surface area contributed by atoms with E-state index in [1.807, 2.05) is 0 Å². The van der Waals surface area contributed by atoms with E-state index in [4.69, 9.17) is 0 Å². The predicted octanol–water partition coefficient (Wildman–Crippen LogP) is 6.94. The van der Waals surface area contributed by atoms with Crippen LogP contribution in [0.5, 0.6) is 0 Å². The summed E-state index contributed by atoms with van der Waals surface area (Å²) >= 11 is 0. The van der Waals surface area contributed by atoms with Crippen molar-refractivity contribution in [3.63, 3.8) is 0 Å². The molecule has 0 aliphatic carbocycles. The second-order valence-electron chi connectivity index (χ2n) is 6.76. The summed E-state index contributed by atoms with van der Waals surface area (Å²) < 4.78 is 0. The van der Waals surface area contributed by atoms with E-state index < -0.39 is 0 Å². The molecule has 0 bridgehead atoms. The molecule has 0 heterocycles. The van der Waals surface area contributed by atoms with Crippen molar-refractivity contribution in [1.29, 1.82) is 0 Å². The highest BCUT2D eigenvalue weighted by atomic mass is 14.9. The molecule has 0 aromatic heterocycles. The highest BCUT2D eigenvalue weighted by Gasteiger charge is 2.01. The number of nitrogens with one attached hydrogen (secondary N) is 2. The molecule has 4 aromatic carbocycles. The first-order chi connectivity index (χ1) is 12.7. The molecule has 0 aliphatic rings. The molecule has 2 N–H and O–H groups in total. The molecule has 2 nitrogen and oxygen atoms in total. The molecular weight excluding hydrogens is 316 g/mol. The Morgan fingerprint density at radius 3 is 1.15 bits per heavy atom. The summed E-state index contributed by atoms with van der Waals surface area (Å²) in [6.45, 7) is 4.20. The minimum Gasteiger partial charge on any atom is -0.356 e. The Labute approximate surface area is 154 Å². The number of benzene rings is 4. The number of anilines is 4. The minimum absolute atomic E-state index is 1.10. The van der Waals surface area contributed by atoms with Crippen molar-refractivity contribution in [3.8, 4) is 0 Å². The molecule has 0 unspecified atom stereocenters. The third kappa shape index (κ3) is 3.70. The van der Waals surface area contributed by atoms with Crippen molar-refractivity contribution in [2.24, 2.45) is 0 Å². The van der Waals surface area contributed by atoms with Crippen LogP contribution in [-0.4, -0.2) is 0 Å². The highest BCUT2D eigenvalue weighted by Crippen LogP contribution is 2.26. The summed E-state index contributed by atoms with van der Waals surface area (Å²) in [6.07, 6.45) is 0. The molecule has 0 spiro atoms. The molecule has 4 aromatic rings. The standard InChI is InChI=1S/C24H22N2/c1-17-3-9-21(10-4-17)25-23-13-7-20-16-24(14-8-19(20)15-23)26-22-11-5-18(2)6-12-22/h3-16,25-26H,1-2H3. The first kappa shape index (κ1) is 16.2. The van der Waals surface area contributed by atoms with Crippen molar-refractivity contribution in [2.45, 2.75) is 13.8 Å². The summed E-state index contributed by atoms with van der Waals surface area (Å²) in [7, 11) is 0. The lowest BCUT2D eigenvalue weighted by Gasteiger charge is -2.10. The van der Waals surface area contributed by atoms with Gasteiger partial charge in [-0.25, -0.2) is 0 Å². The molecule has 0 amide bonds. The summed E-state index contributed by atoms with van der Waals surface area (Å²) in [6, 6.07) is 29.8. The quantitative estimate of drug-likeness (QED) is 0.421. The predicted molar refractivity (Wildman–Crippen MR) is 113 cm³/mol. The van der Waals surface area contributed by atoms with E-state index in [1.165, 1.54) is 21.9 Å². The van der Waals surface area contributed by atoms with Gasteiger partial charge in [0.05, 0.1) is 0 Å². The Morgan fingerprint density at radius 1 is 0.423 bits per heavy atom. The van der Waals surface area contributed by atoms with Crippen LogP contribution >= 0.6 is 0 Å². The minimum atomic E-state index is 1.10. The van der Waals surface area contributed by atoms with E-state index in [0.29, 0.717) is 0 Å². The lowest BCUT2D eigenvalue weighted by molar-refractivity contribution is 1.45. The van der Waals surface area contributed by atoms with E-state index in [0.717, 1.165) is 22.7 Å². The van der Waals surface area contributed by atoms with Crippen LogP contribution in [0.15, 0.2) is 84.9 Å². The van der Waals surface area contributed by atoms with Gasteiger partial charge in [0.15, 0.2) is 0 Å². The van der Waals surface area contributed by atoms with E-state index in [-0.39, 0.29) is 0 Å². The summed E-state index contributed by atoms with van der Waals surface area (Å²) in [5, 5.41) is 9.37. The summed E-state index contributed by atoms with van der Waals surface area (Å²) in [4.78, 5) is 0. The van der Waals surface area contributed by atoms with Gasteiger partial charge >= 0.3 is 0 Å². The topological polar surface area (TPSA) is 24.1 Å².